The number of aliphatic hydroxyl groups is 1. The zero-order chi connectivity index (χ0) is 24.2. The number of carbonyl (C=O) groups is 2. The van der Waals surface area contributed by atoms with E-state index >= 15 is 0 Å². The molecule has 2 atom stereocenters. The molecule has 1 aromatic carbocycles. The predicted octanol–water partition coefficient (Wildman–Crippen LogP) is 5.39. The number of hydrogen-bond acceptors (Lipinski definition) is 7. The molecule has 0 aliphatic carbocycles. The second-order valence-corrected chi connectivity index (χ2v) is 10.6. The topological polar surface area (TPSA) is 111 Å². The van der Waals surface area contributed by atoms with Gasteiger partial charge in [-0.05, 0) is 46.6 Å². The monoisotopic (exact) mass is 471 g/mol. The summed E-state index contributed by atoms with van der Waals surface area (Å²) in [6.45, 7) is 9.30. The van der Waals surface area contributed by atoms with Crippen LogP contribution in [0.2, 0.25) is 0 Å². The Morgan fingerprint density at radius 3 is 2.38 bits per heavy atom. The SMILES string of the molecule is CCOP(C)(=O)Oc1ccccc1C(O)C(=O)CCCCCCCNC(=O)OC(C)(C)C. The Kier molecular flexibility index (Phi) is 12.0. The van der Waals surface area contributed by atoms with Crippen LogP contribution >= 0.6 is 7.60 Å². The number of ether oxygens (including phenoxy) is 1. The first-order chi connectivity index (χ1) is 14.9. The van der Waals surface area contributed by atoms with Gasteiger partial charge in [-0.1, -0.05) is 37.5 Å². The van der Waals surface area contributed by atoms with E-state index in [0.29, 0.717) is 13.0 Å². The van der Waals surface area contributed by atoms with Crippen molar-refractivity contribution in [2.45, 2.75) is 77.9 Å². The molecule has 182 valence electrons. The summed E-state index contributed by atoms with van der Waals surface area (Å²) in [7, 11) is -3.32. The van der Waals surface area contributed by atoms with Crippen LogP contribution in [-0.2, 0) is 18.6 Å². The van der Waals surface area contributed by atoms with Crippen molar-refractivity contribution in [3.05, 3.63) is 29.8 Å². The van der Waals surface area contributed by atoms with E-state index in [1.54, 1.807) is 31.2 Å². The summed E-state index contributed by atoms with van der Waals surface area (Å²) in [5, 5.41) is 13.2. The molecule has 0 saturated heterocycles. The van der Waals surface area contributed by atoms with Gasteiger partial charge in [-0.2, -0.15) is 0 Å². The highest BCUT2D eigenvalue weighted by atomic mass is 31.2. The number of unbranched alkanes of at least 4 members (excludes halogenated alkanes) is 4. The molecule has 0 spiro atoms. The third kappa shape index (κ3) is 11.7. The molecule has 32 heavy (non-hydrogen) atoms. The minimum Gasteiger partial charge on any atom is -0.444 e. The highest BCUT2D eigenvalue weighted by Gasteiger charge is 2.25. The summed E-state index contributed by atoms with van der Waals surface area (Å²) in [5.74, 6) is -0.125. The van der Waals surface area contributed by atoms with Crippen molar-refractivity contribution in [1.29, 1.82) is 0 Å². The summed E-state index contributed by atoms with van der Waals surface area (Å²) < 4.78 is 28.0. The molecule has 1 aromatic rings. The van der Waals surface area contributed by atoms with Crippen molar-refractivity contribution < 1.29 is 33.0 Å². The van der Waals surface area contributed by atoms with Crippen LogP contribution in [0.15, 0.2) is 24.3 Å². The van der Waals surface area contributed by atoms with E-state index in [0.717, 1.165) is 25.7 Å². The fourth-order valence-electron chi connectivity index (χ4n) is 3.00. The van der Waals surface area contributed by atoms with Gasteiger partial charge in [0.25, 0.3) is 0 Å². The Hall–Kier alpha value is -1.89. The Morgan fingerprint density at radius 2 is 1.72 bits per heavy atom. The first-order valence-electron chi connectivity index (χ1n) is 11.1. The lowest BCUT2D eigenvalue weighted by atomic mass is 10.00. The molecule has 2 unspecified atom stereocenters. The van der Waals surface area contributed by atoms with Gasteiger partial charge in [0, 0.05) is 25.2 Å². The lowest BCUT2D eigenvalue weighted by molar-refractivity contribution is -0.127. The Bertz CT molecular complexity index is 776. The quantitative estimate of drug-likeness (QED) is 0.276. The first kappa shape index (κ1) is 28.1. The Morgan fingerprint density at radius 1 is 1.09 bits per heavy atom. The van der Waals surface area contributed by atoms with Crippen molar-refractivity contribution in [2.75, 3.05) is 19.8 Å². The Labute approximate surface area is 191 Å². The highest BCUT2D eigenvalue weighted by molar-refractivity contribution is 7.53. The lowest BCUT2D eigenvalue weighted by Crippen LogP contribution is -2.32. The van der Waals surface area contributed by atoms with Crippen molar-refractivity contribution in [2.24, 2.45) is 0 Å². The Balaban J connectivity index is 2.35. The molecule has 0 bridgehead atoms. The molecule has 2 N–H and O–H groups in total. The van der Waals surface area contributed by atoms with Gasteiger partial charge >= 0.3 is 13.7 Å². The maximum absolute atomic E-state index is 12.4. The van der Waals surface area contributed by atoms with Crippen LogP contribution in [0.1, 0.15) is 77.9 Å². The van der Waals surface area contributed by atoms with Gasteiger partial charge < -0.3 is 24.2 Å². The van der Waals surface area contributed by atoms with Crippen molar-refractivity contribution >= 4 is 19.5 Å². The molecule has 1 rings (SSSR count). The number of para-hydroxylation sites is 1. The van der Waals surface area contributed by atoms with E-state index < -0.39 is 25.4 Å². The lowest BCUT2D eigenvalue weighted by Gasteiger charge is -2.19. The average Bonchev–Trinajstić information content (AvgIpc) is 2.68. The van der Waals surface area contributed by atoms with E-state index in [2.05, 4.69) is 5.32 Å². The van der Waals surface area contributed by atoms with E-state index in [1.807, 2.05) is 20.8 Å². The number of benzene rings is 1. The van der Waals surface area contributed by atoms with Gasteiger partial charge in [0.15, 0.2) is 5.78 Å². The second kappa shape index (κ2) is 13.6. The van der Waals surface area contributed by atoms with Gasteiger partial charge in [-0.15, -0.1) is 0 Å². The predicted molar refractivity (Wildman–Crippen MR) is 124 cm³/mol. The highest BCUT2D eigenvalue weighted by Crippen LogP contribution is 2.46. The summed E-state index contributed by atoms with van der Waals surface area (Å²) >= 11 is 0. The maximum atomic E-state index is 12.4. The number of alkyl carbamates (subject to hydrolysis) is 1. The smallest absolute Gasteiger partial charge is 0.407 e. The van der Waals surface area contributed by atoms with Gasteiger partial charge in [0.1, 0.15) is 17.5 Å². The molecule has 0 aliphatic rings. The van der Waals surface area contributed by atoms with E-state index in [9.17, 15) is 19.3 Å². The van der Waals surface area contributed by atoms with Crippen LogP contribution in [0, 0.1) is 0 Å². The molecular formula is C23H38NO7P. The molecule has 0 saturated carbocycles. The van der Waals surface area contributed by atoms with Gasteiger partial charge in [-0.3, -0.25) is 4.79 Å². The molecule has 0 radical (unpaired) electrons. The van der Waals surface area contributed by atoms with Crippen LogP contribution in [0.5, 0.6) is 5.75 Å². The number of rotatable bonds is 14. The van der Waals surface area contributed by atoms with Gasteiger partial charge in [-0.25, -0.2) is 9.36 Å². The first-order valence-corrected chi connectivity index (χ1v) is 13.1. The van der Waals surface area contributed by atoms with Crippen molar-refractivity contribution in [3.63, 3.8) is 0 Å². The fraction of sp³-hybridized carbons (Fsp3) is 0.652. The summed E-state index contributed by atoms with van der Waals surface area (Å²) in [6, 6.07) is 6.51. The number of hydrogen-bond donors (Lipinski definition) is 2. The van der Waals surface area contributed by atoms with Gasteiger partial charge in [0.05, 0.1) is 6.61 Å². The van der Waals surface area contributed by atoms with Crippen LogP contribution in [-0.4, -0.2) is 42.4 Å². The average molecular weight is 472 g/mol. The number of amides is 1. The maximum Gasteiger partial charge on any atom is 0.407 e. The third-order valence-electron chi connectivity index (χ3n) is 4.41. The molecule has 1 amide bonds. The molecule has 0 aliphatic heterocycles. The fourth-order valence-corrected chi connectivity index (χ4v) is 4.04. The van der Waals surface area contributed by atoms with Crippen LogP contribution in [0.4, 0.5) is 4.79 Å². The second-order valence-electron chi connectivity index (χ2n) is 8.63. The van der Waals surface area contributed by atoms with Crippen LogP contribution in [0.25, 0.3) is 0 Å². The largest absolute Gasteiger partial charge is 0.444 e. The van der Waals surface area contributed by atoms with Crippen molar-refractivity contribution in [3.8, 4) is 5.75 Å². The van der Waals surface area contributed by atoms with Crippen LogP contribution < -0.4 is 9.84 Å². The van der Waals surface area contributed by atoms with E-state index in [1.165, 1.54) is 6.66 Å². The summed E-state index contributed by atoms with van der Waals surface area (Å²) in [5.41, 5.74) is -0.222. The van der Waals surface area contributed by atoms with E-state index in [-0.39, 0.29) is 30.1 Å². The minimum atomic E-state index is -3.32. The summed E-state index contributed by atoms with van der Waals surface area (Å²) in [6.07, 6.45) is 2.66. The summed E-state index contributed by atoms with van der Waals surface area (Å²) in [4.78, 5) is 24.0. The number of aliphatic hydroxyl groups excluding tert-OH is 1. The number of nitrogens with one attached hydrogen (secondary N) is 1. The van der Waals surface area contributed by atoms with Crippen LogP contribution in [0.3, 0.4) is 0 Å². The molecular weight excluding hydrogens is 433 g/mol. The van der Waals surface area contributed by atoms with E-state index in [4.69, 9.17) is 13.8 Å². The number of ketones is 1. The molecule has 0 aromatic heterocycles. The molecule has 8 nitrogen and oxygen atoms in total. The zero-order valence-corrected chi connectivity index (χ0v) is 20.8. The van der Waals surface area contributed by atoms with Gasteiger partial charge in [0.2, 0.25) is 0 Å². The number of Topliss-reactive ketones (excluding diaryl/α,β-unsaturated/α-hetero) is 1. The number of carbonyl (C=O) groups excluding carboxylic acids is 2. The third-order valence-corrected chi connectivity index (χ3v) is 5.67. The normalized spacial score (nSPS) is 14.3. The van der Waals surface area contributed by atoms with Crippen molar-refractivity contribution in [1.82, 2.24) is 5.32 Å². The molecule has 0 fully saturated rings. The molecule has 0 heterocycles. The standard InChI is InChI=1S/C23H38NO7P/c1-6-29-32(5,28)31-20-16-12-11-14-18(20)21(26)19(25)15-10-8-7-9-13-17-24-22(27)30-23(2,3)4/h11-12,14,16,21,26H,6-10,13,15,17H2,1-5H3,(H,24,27). The zero-order valence-electron chi connectivity index (χ0n) is 19.9. The molecule has 9 heteroatoms. The minimum absolute atomic E-state index is 0.185.